The van der Waals surface area contributed by atoms with E-state index in [4.69, 9.17) is 4.98 Å². The average Bonchev–Trinajstić information content (AvgIpc) is 3.58. The Kier molecular flexibility index (Phi) is 5.00. The van der Waals surface area contributed by atoms with Gasteiger partial charge in [-0.05, 0) is 31.9 Å². The van der Waals surface area contributed by atoms with E-state index in [-0.39, 0.29) is 17.5 Å². The van der Waals surface area contributed by atoms with Crippen LogP contribution in [0.25, 0.3) is 16.7 Å². The van der Waals surface area contributed by atoms with Gasteiger partial charge in [0.2, 0.25) is 5.91 Å². The quantitative estimate of drug-likeness (QED) is 0.449. The fourth-order valence-electron chi connectivity index (χ4n) is 4.78. The minimum absolute atomic E-state index is 0.0104. The minimum atomic E-state index is 0.0104. The van der Waals surface area contributed by atoms with Crippen molar-refractivity contribution in [2.75, 3.05) is 31.1 Å². The lowest BCUT2D eigenvalue weighted by atomic mass is 10.2. The van der Waals surface area contributed by atoms with Crippen molar-refractivity contribution in [2.24, 2.45) is 0 Å². The van der Waals surface area contributed by atoms with Crippen LogP contribution in [-0.2, 0) is 11.2 Å². The molecule has 6 rings (SSSR count). The highest BCUT2D eigenvalue weighted by atomic mass is 16.2. The number of amides is 1. The van der Waals surface area contributed by atoms with Crippen molar-refractivity contribution in [1.82, 2.24) is 34.0 Å². The number of hydrogen-bond donors (Lipinski definition) is 0. The first-order valence-corrected chi connectivity index (χ1v) is 11.8. The molecule has 1 aliphatic heterocycles. The number of fused-ring (bicyclic) bond motifs is 2. The van der Waals surface area contributed by atoms with Crippen LogP contribution < -0.4 is 10.5 Å². The summed E-state index contributed by atoms with van der Waals surface area (Å²) in [5.41, 5.74) is 1.60. The van der Waals surface area contributed by atoms with Crippen LogP contribution in [0.15, 0.2) is 41.5 Å². The Morgan fingerprint density at radius 3 is 2.68 bits per heavy atom. The maximum atomic E-state index is 13.1. The normalized spacial score (nSPS) is 16.5. The third kappa shape index (κ3) is 3.68. The van der Waals surface area contributed by atoms with Gasteiger partial charge in [-0.15, -0.1) is 0 Å². The lowest BCUT2D eigenvalue weighted by Gasteiger charge is -2.36. The third-order valence-electron chi connectivity index (χ3n) is 6.67. The molecular formula is C24H26N8O2. The molecule has 174 valence electrons. The molecule has 1 saturated carbocycles. The summed E-state index contributed by atoms with van der Waals surface area (Å²) in [6.07, 6.45) is 4.32. The molecule has 1 aliphatic carbocycles. The molecule has 1 amide bonds. The van der Waals surface area contributed by atoms with E-state index in [0.29, 0.717) is 55.7 Å². The topological polar surface area (TPSA) is 102 Å². The molecule has 4 heterocycles. The summed E-state index contributed by atoms with van der Waals surface area (Å²) in [4.78, 5) is 43.6. The fraction of sp³-hybridized carbons (Fsp3) is 0.417. The Balaban J connectivity index is 1.15. The zero-order valence-electron chi connectivity index (χ0n) is 19.1. The zero-order chi connectivity index (χ0) is 23.2. The maximum Gasteiger partial charge on any atom is 0.261 e. The molecule has 0 spiro atoms. The van der Waals surface area contributed by atoms with E-state index in [1.54, 1.807) is 4.52 Å². The van der Waals surface area contributed by atoms with E-state index in [2.05, 4.69) is 20.0 Å². The van der Waals surface area contributed by atoms with Crippen LogP contribution in [0, 0.1) is 6.92 Å². The summed E-state index contributed by atoms with van der Waals surface area (Å²) in [6.45, 7) is 4.64. The Labute approximate surface area is 195 Å². The monoisotopic (exact) mass is 458 g/mol. The molecule has 0 unspecified atom stereocenters. The second-order valence-corrected chi connectivity index (χ2v) is 9.05. The summed E-state index contributed by atoms with van der Waals surface area (Å²) in [6, 6.07) is 9.67. The summed E-state index contributed by atoms with van der Waals surface area (Å²) in [5, 5.41) is 4.94. The molecule has 3 aromatic heterocycles. The van der Waals surface area contributed by atoms with Gasteiger partial charge < -0.3 is 9.80 Å². The lowest BCUT2D eigenvalue weighted by molar-refractivity contribution is -0.131. The van der Waals surface area contributed by atoms with Crippen molar-refractivity contribution in [1.29, 1.82) is 0 Å². The van der Waals surface area contributed by atoms with Crippen LogP contribution in [0.2, 0.25) is 0 Å². The number of piperazine rings is 1. The van der Waals surface area contributed by atoms with Gasteiger partial charge in [-0.25, -0.2) is 9.97 Å². The SMILES string of the molecule is Cc1cc(N2CCN(C(=O)CCc3nc4ccccc4c(=O)n3C3CC3)CC2)n2ncnc2n1. The molecule has 1 saturated heterocycles. The first kappa shape index (κ1) is 20.8. The Morgan fingerprint density at radius 1 is 1.09 bits per heavy atom. The summed E-state index contributed by atoms with van der Waals surface area (Å²) in [7, 11) is 0. The standard InChI is InChI=1S/C24H26N8O2/c1-16-14-21(32-24(27-16)25-15-26-32)29-10-12-30(13-11-29)22(33)9-8-20-28-19-5-3-2-4-18(19)23(34)31(20)17-6-7-17/h2-5,14-15,17H,6-13H2,1H3. The van der Waals surface area contributed by atoms with Gasteiger partial charge >= 0.3 is 0 Å². The van der Waals surface area contributed by atoms with Gasteiger partial charge in [-0.2, -0.15) is 14.6 Å². The summed E-state index contributed by atoms with van der Waals surface area (Å²) in [5.74, 6) is 2.35. The summed E-state index contributed by atoms with van der Waals surface area (Å²) >= 11 is 0. The first-order valence-electron chi connectivity index (χ1n) is 11.8. The van der Waals surface area contributed by atoms with Gasteiger partial charge in [0.05, 0.1) is 10.9 Å². The average molecular weight is 459 g/mol. The molecule has 2 aliphatic rings. The molecule has 0 atom stereocenters. The van der Waals surface area contributed by atoms with Crippen molar-refractivity contribution >= 4 is 28.4 Å². The van der Waals surface area contributed by atoms with Crippen LogP contribution in [0.3, 0.4) is 0 Å². The van der Waals surface area contributed by atoms with E-state index in [1.165, 1.54) is 6.33 Å². The molecule has 4 aromatic rings. The molecular weight excluding hydrogens is 432 g/mol. The van der Waals surface area contributed by atoms with Crippen LogP contribution in [0.5, 0.6) is 0 Å². The van der Waals surface area contributed by atoms with E-state index in [1.807, 2.05) is 46.7 Å². The van der Waals surface area contributed by atoms with Crippen molar-refractivity contribution in [3.05, 3.63) is 58.5 Å². The predicted octanol–water partition coefficient (Wildman–Crippen LogP) is 1.76. The minimum Gasteiger partial charge on any atom is -0.353 e. The molecule has 34 heavy (non-hydrogen) atoms. The van der Waals surface area contributed by atoms with Crippen LogP contribution in [-0.4, -0.2) is 66.1 Å². The number of rotatable bonds is 5. The van der Waals surface area contributed by atoms with Crippen molar-refractivity contribution < 1.29 is 4.79 Å². The molecule has 0 N–H and O–H groups in total. The van der Waals surface area contributed by atoms with Crippen LogP contribution >= 0.6 is 0 Å². The van der Waals surface area contributed by atoms with E-state index >= 15 is 0 Å². The van der Waals surface area contributed by atoms with Crippen LogP contribution in [0.1, 0.15) is 36.8 Å². The number of aryl methyl sites for hydroxylation is 2. The van der Waals surface area contributed by atoms with Crippen molar-refractivity contribution in [2.45, 2.75) is 38.6 Å². The Morgan fingerprint density at radius 2 is 1.88 bits per heavy atom. The summed E-state index contributed by atoms with van der Waals surface area (Å²) < 4.78 is 3.57. The highest BCUT2D eigenvalue weighted by Crippen LogP contribution is 2.35. The number of para-hydroxylation sites is 1. The van der Waals surface area contributed by atoms with Gasteiger partial charge in [0.1, 0.15) is 18.0 Å². The lowest BCUT2D eigenvalue weighted by Crippen LogP contribution is -2.49. The van der Waals surface area contributed by atoms with Crippen molar-refractivity contribution in [3.8, 4) is 0 Å². The van der Waals surface area contributed by atoms with Gasteiger partial charge in [0.15, 0.2) is 0 Å². The molecule has 2 fully saturated rings. The van der Waals surface area contributed by atoms with E-state index in [0.717, 1.165) is 30.2 Å². The first-order chi connectivity index (χ1) is 16.6. The molecule has 1 aromatic carbocycles. The second kappa shape index (κ2) is 8.19. The van der Waals surface area contributed by atoms with Crippen LogP contribution in [0.4, 0.5) is 5.82 Å². The zero-order valence-corrected chi connectivity index (χ0v) is 19.1. The highest BCUT2D eigenvalue weighted by Gasteiger charge is 2.29. The number of benzene rings is 1. The number of nitrogens with zero attached hydrogens (tertiary/aromatic N) is 8. The van der Waals surface area contributed by atoms with Gasteiger partial charge in [0.25, 0.3) is 11.3 Å². The fourth-order valence-corrected chi connectivity index (χ4v) is 4.78. The highest BCUT2D eigenvalue weighted by molar-refractivity contribution is 5.78. The molecule has 10 nitrogen and oxygen atoms in total. The molecule has 0 bridgehead atoms. The number of aromatic nitrogens is 6. The number of carbonyl (C=O) groups excluding carboxylic acids is 1. The number of carbonyl (C=O) groups is 1. The maximum absolute atomic E-state index is 13.1. The number of hydrogen-bond acceptors (Lipinski definition) is 7. The van der Waals surface area contributed by atoms with Gasteiger partial charge in [-0.1, -0.05) is 12.1 Å². The van der Waals surface area contributed by atoms with Gasteiger partial charge in [-0.3, -0.25) is 14.2 Å². The molecule has 10 heteroatoms. The van der Waals surface area contributed by atoms with Crippen molar-refractivity contribution in [3.63, 3.8) is 0 Å². The smallest absolute Gasteiger partial charge is 0.261 e. The second-order valence-electron chi connectivity index (χ2n) is 9.05. The van der Waals surface area contributed by atoms with Gasteiger partial charge in [0, 0.05) is 56.8 Å². The molecule has 0 radical (unpaired) electrons. The predicted molar refractivity (Wildman–Crippen MR) is 127 cm³/mol. The Hall–Kier alpha value is -3.82. The Bertz CT molecular complexity index is 1450. The largest absolute Gasteiger partial charge is 0.353 e. The van der Waals surface area contributed by atoms with E-state index in [9.17, 15) is 9.59 Å². The number of anilines is 1. The third-order valence-corrected chi connectivity index (χ3v) is 6.67. The van der Waals surface area contributed by atoms with E-state index < -0.39 is 0 Å².